The highest BCUT2D eigenvalue weighted by atomic mass is 16.5. The smallest absolute Gasteiger partial charge is 0.0615 e. The van der Waals surface area contributed by atoms with E-state index in [2.05, 4.69) is 18.7 Å². The lowest BCUT2D eigenvalue weighted by molar-refractivity contribution is -0.00884. The predicted octanol–water partition coefficient (Wildman–Crippen LogP) is 2.27. The van der Waals surface area contributed by atoms with Crippen LogP contribution in [0.1, 0.15) is 46.0 Å². The van der Waals surface area contributed by atoms with Gasteiger partial charge in [-0.3, -0.25) is 4.90 Å². The van der Waals surface area contributed by atoms with Crippen LogP contribution in [0.25, 0.3) is 0 Å². The molecule has 1 rings (SSSR count). The number of methoxy groups -OCH3 is 2. The van der Waals surface area contributed by atoms with E-state index in [9.17, 15) is 0 Å². The van der Waals surface area contributed by atoms with E-state index in [1.807, 2.05) is 0 Å². The monoisotopic (exact) mass is 286 g/mol. The molecule has 1 saturated carbocycles. The van der Waals surface area contributed by atoms with Crippen molar-refractivity contribution in [3.05, 3.63) is 0 Å². The van der Waals surface area contributed by atoms with Crippen molar-refractivity contribution in [2.75, 3.05) is 40.5 Å². The van der Waals surface area contributed by atoms with Crippen molar-refractivity contribution in [1.29, 1.82) is 0 Å². The van der Waals surface area contributed by atoms with E-state index >= 15 is 0 Å². The maximum absolute atomic E-state index is 6.24. The Kier molecular flexibility index (Phi) is 8.03. The normalized spacial score (nSPS) is 29.4. The standard InChI is InChI=1S/C16H34N2O2/c1-14-6-5-8-16(13-17,9-7-14)18(10-11-19-3)15(2)12-20-4/h14-15H,5-13,17H2,1-4H3. The van der Waals surface area contributed by atoms with Gasteiger partial charge in [0.15, 0.2) is 0 Å². The van der Waals surface area contributed by atoms with Crippen LogP contribution >= 0.6 is 0 Å². The fourth-order valence-corrected chi connectivity index (χ4v) is 3.62. The molecule has 2 N–H and O–H groups in total. The molecular weight excluding hydrogens is 252 g/mol. The topological polar surface area (TPSA) is 47.7 Å². The summed E-state index contributed by atoms with van der Waals surface area (Å²) in [5.41, 5.74) is 6.36. The van der Waals surface area contributed by atoms with Gasteiger partial charge >= 0.3 is 0 Å². The average Bonchev–Trinajstić information content (AvgIpc) is 2.62. The molecule has 0 spiro atoms. The number of hydrogen-bond donors (Lipinski definition) is 1. The van der Waals surface area contributed by atoms with Gasteiger partial charge in [0.1, 0.15) is 0 Å². The first-order valence-corrected chi connectivity index (χ1v) is 8.04. The Labute approximate surface area is 125 Å². The van der Waals surface area contributed by atoms with Gasteiger partial charge in [0.25, 0.3) is 0 Å². The van der Waals surface area contributed by atoms with E-state index in [0.717, 1.165) is 32.2 Å². The quantitative estimate of drug-likeness (QED) is 0.695. The highest BCUT2D eigenvalue weighted by molar-refractivity contribution is 4.96. The lowest BCUT2D eigenvalue weighted by Crippen LogP contribution is -2.58. The van der Waals surface area contributed by atoms with Gasteiger partial charge in [0, 0.05) is 38.9 Å². The molecule has 0 heterocycles. The molecule has 0 aromatic carbocycles. The molecule has 0 aromatic rings. The van der Waals surface area contributed by atoms with Crippen LogP contribution in [0.5, 0.6) is 0 Å². The minimum Gasteiger partial charge on any atom is -0.383 e. The van der Waals surface area contributed by atoms with Gasteiger partial charge in [-0.2, -0.15) is 0 Å². The Morgan fingerprint density at radius 2 is 2.00 bits per heavy atom. The second-order valence-electron chi connectivity index (χ2n) is 6.46. The van der Waals surface area contributed by atoms with Crippen molar-refractivity contribution in [3.8, 4) is 0 Å². The van der Waals surface area contributed by atoms with Gasteiger partial charge in [-0.25, -0.2) is 0 Å². The second-order valence-corrected chi connectivity index (χ2v) is 6.46. The summed E-state index contributed by atoms with van der Waals surface area (Å²) in [5, 5.41) is 0. The van der Waals surface area contributed by atoms with E-state index in [1.54, 1.807) is 14.2 Å². The summed E-state index contributed by atoms with van der Waals surface area (Å²) in [5.74, 6) is 0.824. The van der Waals surface area contributed by atoms with E-state index in [1.165, 1.54) is 32.1 Å². The number of ether oxygens (including phenoxy) is 2. The number of rotatable bonds is 8. The summed E-state index contributed by atoms with van der Waals surface area (Å²) < 4.78 is 10.7. The van der Waals surface area contributed by atoms with E-state index in [4.69, 9.17) is 15.2 Å². The van der Waals surface area contributed by atoms with Crippen molar-refractivity contribution in [2.45, 2.75) is 57.5 Å². The molecule has 3 atom stereocenters. The van der Waals surface area contributed by atoms with Crippen LogP contribution < -0.4 is 5.73 Å². The molecule has 0 saturated heterocycles. The minimum atomic E-state index is 0.126. The Balaban J connectivity index is 2.86. The van der Waals surface area contributed by atoms with Crippen molar-refractivity contribution in [2.24, 2.45) is 11.7 Å². The minimum absolute atomic E-state index is 0.126. The van der Waals surface area contributed by atoms with Crippen LogP contribution in [0.2, 0.25) is 0 Å². The molecule has 3 unspecified atom stereocenters. The molecule has 120 valence electrons. The first kappa shape index (κ1) is 17.9. The molecule has 0 aromatic heterocycles. The zero-order chi connectivity index (χ0) is 15.0. The van der Waals surface area contributed by atoms with Crippen LogP contribution in [-0.4, -0.2) is 57.0 Å². The molecule has 0 amide bonds. The van der Waals surface area contributed by atoms with Crippen molar-refractivity contribution in [3.63, 3.8) is 0 Å². The van der Waals surface area contributed by atoms with E-state index in [0.29, 0.717) is 6.04 Å². The Hall–Kier alpha value is -0.160. The maximum atomic E-state index is 6.24. The SMILES string of the molecule is COCCN(C(C)COC)C1(CN)CCCC(C)CC1. The van der Waals surface area contributed by atoms with Crippen molar-refractivity contribution in [1.82, 2.24) is 4.90 Å². The fourth-order valence-electron chi connectivity index (χ4n) is 3.62. The van der Waals surface area contributed by atoms with Gasteiger partial charge in [0.05, 0.1) is 13.2 Å². The summed E-state index contributed by atoms with van der Waals surface area (Å²) in [6.07, 6.45) is 6.29. The third-order valence-electron chi connectivity index (χ3n) is 4.91. The first-order chi connectivity index (χ1) is 9.59. The largest absolute Gasteiger partial charge is 0.383 e. The van der Waals surface area contributed by atoms with Gasteiger partial charge in [0.2, 0.25) is 0 Å². The van der Waals surface area contributed by atoms with Crippen LogP contribution in [-0.2, 0) is 9.47 Å². The average molecular weight is 286 g/mol. The van der Waals surface area contributed by atoms with Gasteiger partial charge in [-0.15, -0.1) is 0 Å². The zero-order valence-electron chi connectivity index (χ0n) is 13.9. The summed E-state index contributed by atoms with van der Waals surface area (Å²) in [6.45, 7) is 7.78. The van der Waals surface area contributed by atoms with E-state index in [-0.39, 0.29) is 5.54 Å². The third kappa shape index (κ3) is 4.69. The Bertz CT molecular complexity index is 263. The molecule has 0 radical (unpaired) electrons. The fraction of sp³-hybridized carbons (Fsp3) is 1.00. The Morgan fingerprint density at radius 3 is 2.60 bits per heavy atom. The molecule has 4 nitrogen and oxygen atoms in total. The summed E-state index contributed by atoms with van der Waals surface area (Å²) in [6, 6.07) is 0.382. The lowest BCUT2D eigenvalue weighted by atomic mass is 9.86. The van der Waals surface area contributed by atoms with Crippen LogP contribution in [0, 0.1) is 5.92 Å². The van der Waals surface area contributed by atoms with Crippen LogP contribution in [0.4, 0.5) is 0 Å². The van der Waals surface area contributed by atoms with Gasteiger partial charge in [-0.1, -0.05) is 19.8 Å². The van der Waals surface area contributed by atoms with E-state index < -0.39 is 0 Å². The molecule has 1 aliphatic carbocycles. The number of nitrogens with two attached hydrogens (primary N) is 1. The predicted molar refractivity (Wildman–Crippen MR) is 84.0 cm³/mol. The van der Waals surface area contributed by atoms with Crippen LogP contribution in [0.3, 0.4) is 0 Å². The summed E-state index contributed by atoms with van der Waals surface area (Å²) >= 11 is 0. The molecule has 1 aliphatic rings. The molecule has 0 bridgehead atoms. The van der Waals surface area contributed by atoms with Gasteiger partial charge < -0.3 is 15.2 Å². The number of nitrogens with zero attached hydrogens (tertiary/aromatic N) is 1. The highest BCUT2D eigenvalue weighted by Gasteiger charge is 2.38. The molecule has 1 fully saturated rings. The van der Waals surface area contributed by atoms with Crippen molar-refractivity contribution < 1.29 is 9.47 Å². The first-order valence-electron chi connectivity index (χ1n) is 8.04. The highest BCUT2D eigenvalue weighted by Crippen LogP contribution is 2.35. The van der Waals surface area contributed by atoms with Gasteiger partial charge in [-0.05, 0) is 32.1 Å². The van der Waals surface area contributed by atoms with Crippen molar-refractivity contribution >= 4 is 0 Å². The Morgan fingerprint density at radius 1 is 1.25 bits per heavy atom. The molecular formula is C16H34N2O2. The molecule has 20 heavy (non-hydrogen) atoms. The summed E-state index contributed by atoms with van der Waals surface area (Å²) in [7, 11) is 3.54. The second kappa shape index (κ2) is 8.98. The summed E-state index contributed by atoms with van der Waals surface area (Å²) in [4.78, 5) is 2.55. The molecule has 4 heteroatoms. The van der Waals surface area contributed by atoms with Crippen LogP contribution in [0.15, 0.2) is 0 Å². The molecule has 0 aliphatic heterocycles. The zero-order valence-corrected chi connectivity index (χ0v) is 13.9. The third-order valence-corrected chi connectivity index (χ3v) is 4.91. The number of hydrogen-bond acceptors (Lipinski definition) is 4. The lowest BCUT2D eigenvalue weighted by Gasteiger charge is -2.46. The maximum Gasteiger partial charge on any atom is 0.0615 e.